The summed E-state index contributed by atoms with van der Waals surface area (Å²) in [4.78, 5) is 46.2. The van der Waals surface area contributed by atoms with Crippen molar-refractivity contribution >= 4 is 23.4 Å². The minimum atomic E-state index is -0.390. The van der Waals surface area contributed by atoms with Crippen LogP contribution in [0.4, 0.5) is 0 Å². The maximum Gasteiger partial charge on any atom is 0.226 e. The zero-order valence-electron chi connectivity index (χ0n) is 11.3. The van der Waals surface area contributed by atoms with Crippen LogP contribution in [0.1, 0.15) is 39.0 Å². The molecule has 2 fully saturated rings. The molecule has 2 N–H and O–H groups in total. The van der Waals surface area contributed by atoms with Gasteiger partial charge in [-0.1, -0.05) is 6.92 Å². The summed E-state index contributed by atoms with van der Waals surface area (Å²) in [7, 11) is 0. The zero-order valence-corrected chi connectivity index (χ0v) is 11.3. The first-order valence-electron chi connectivity index (χ1n) is 6.68. The molecule has 0 aromatic rings. The Hall–Kier alpha value is -1.98. The van der Waals surface area contributed by atoms with Gasteiger partial charge in [0.05, 0.1) is 5.57 Å². The van der Waals surface area contributed by atoms with Crippen molar-refractivity contribution in [3.8, 4) is 0 Å². The number of amides is 2. The number of imide groups is 1. The Morgan fingerprint density at radius 3 is 2.05 bits per heavy atom. The summed E-state index contributed by atoms with van der Waals surface area (Å²) in [6, 6.07) is 0. The van der Waals surface area contributed by atoms with Gasteiger partial charge in [-0.05, 0) is 11.8 Å². The number of carbonyl (C=O) groups is 4. The molecule has 0 unspecified atom stereocenters. The van der Waals surface area contributed by atoms with E-state index in [1.807, 2.05) is 6.92 Å². The molecule has 1 saturated heterocycles. The van der Waals surface area contributed by atoms with Crippen LogP contribution in [0.15, 0.2) is 11.3 Å². The highest BCUT2D eigenvalue weighted by atomic mass is 16.3. The predicted molar refractivity (Wildman–Crippen MR) is 68.6 cm³/mol. The highest BCUT2D eigenvalue weighted by Crippen LogP contribution is 2.28. The van der Waals surface area contributed by atoms with Crippen LogP contribution in [-0.4, -0.2) is 28.5 Å². The van der Waals surface area contributed by atoms with Crippen molar-refractivity contribution in [2.45, 2.75) is 39.0 Å². The number of Topliss-reactive ketones (excluding diaryl/α,β-unsaturated/α-hetero) is 2. The number of aliphatic hydroxyl groups excluding tert-OH is 1. The van der Waals surface area contributed by atoms with Crippen LogP contribution in [-0.2, 0) is 19.2 Å². The zero-order chi connectivity index (χ0) is 14.9. The van der Waals surface area contributed by atoms with E-state index in [0.29, 0.717) is 0 Å². The largest absolute Gasteiger partial charge is 0.511 e. The van der Waals surface area contributed by atoms with E-state index in [9.17, 15) is 24.3 Å². The second-order valence-corrected chi connectivity index (χ2v) is 5.63. The SMILES string of the molecule is CC1CC(=O)C(=C(O)CC2CC(=O)NC(=O)C2)C(=O)C1. The molecule has 1 aliphatic heterocycles. The smallest absolute Gasteiger partial charge is 0.226 e. The fourth-order valence-corrected chi connectivity index (χ4v) is 2.76. The first-order chi connectivity index (χ1) is 9.36. The Balaban J connectivity index is 2.13. The van der Waals surface area contributed by atoms with Crippen LogP contribution in [0.25, 0.3) is 0 Å². The molecule has 2 amide bonds. The summed E-state index contributed by atoms with van der Waals surface area (Å²) >= 11 is 0. The molecule has 0 bridgehead atoms. The fourth-order valence-electron chi connectivity index (χ4n) is 2.76. The molecule has 2 rings (SSSR count). The summed E-state index contributed by atoms with van der Waals surface area (Å²) in [5.41, 5.74) is -0.137. The van der Waals surface area contributed by atoms with Gasteiger partial charge < -0.3 is 5.11 Å². The maximum atomic E-state index is 11.8. The number of hydrogen-bond donors (Lipinski definition) is 2. The van der Waals surface area contributed by atoms with Crippen LogP contribution in [0.3, 0.4) is 0 Å². The molecule has 0 aromatic carbocycles. The van der Waals surface area contributed by atoms with Crippen LogP contribution in [0.5, 0.6) is 0 Å². The minimum Gasteiger partial charge on any atom is -0.511 e. The quantitative estimate of drug-likeness (QED) is 0.337. The van der Waals surface area contributed by atoms with Crippen molar-refractivity contribution in [2.75, 3.05) is 0 Å². The van der Waals surface area contributed by atoms with E-state index < -0.39 is 0 Å². The van der Waals surface area contributed by atoms with Gasteiger partial charge in [0, 0.05) is 32.1 Å². The Labute approximate surface area is 116 Å². The lowest BCUT2D eigenvalue weighted by atomic mass is 9.82. The highest BCUT2D eigenvalue weighted by Gasteiger charge is 2.33. The molecule has 6 nitrogen and oxygen atoms in total. The number of piperidine rings is 1. The topological polar surface area (TPSA) is 101 Å². The van der Waals surface area contributed by atoms with Crippen LogP contribution >= 0.6 is 0 Å². The number of ketones is 2. The monoisotopic (exact) mass is 279 g/mol. The maximum absolute atomic E-state index is 11.8. The number of hydrogen-bond acceptors (Lipinski definition) is 5. The lowest BCUT2D eigenvalue weighted by Gasteiger charge is -2.23. The second kappa shape index (κ2) is 5.56. The summed E-state index contributed by atoms with van der Waals surface area (Å²) in [6.45, 7) is 1.81. The molecule has 1 aliphatic carbocycles. The van der Waals surface area contributed by atoms with Crippen LogP contribution < -0.4 is 5.32 Å². The van der Waals surface area contributed by atoms with Gasteiger partial charge in [-0.2, -0.15) is 0 Å². The molecule has 0 aromatic heterocycles. The summed E-state index contributed by atoms with van der Waals surface area (Å²) < 4.78 is 0. The van der Waals surface area contributed by atoms with E-state index in [2.05, 4.69) is 5.32 Å². The average Bonchev–Trinajstić information content (AvgIpc) is 2.25. The van der Waals surface area contributed by atoms with Gasteiger partial charge in [-0.15, -0.1) is 0 Å². The van der Waals surface area contributed by atoms with Gasteiger partial charge in [0.2, 0.25) is 11.8 Å². The molecule has 0 atom stereocenters. The number of aliphatic hydroxyl groups is 1. The Morgan fingerprint density at radius 2 is 1.55 bits per heavy atom. The van der Waals surface area contributed by atoms with Gasteiger partial charge in [-0.3, -0.25) is 24.5 Å². The van der Waals surface area contributed by atoms with Gasteiger partial charge in [0.25, 0.3) is 0 Å². The summed E-state index contributed by atoms with van der Waals surface area (Å²) in [6.07, 6.45) is 0.731. The first kappa shape index (κ1) is 14.4. The van der Waals surface area contributed by atoms with Gasteiger partial charge in [-0.25, -0.2) is 0 Å². The summed E-state index contributed by atoms with van der Waals surface area (Å²) in [5.74, 6) is -2.12. The second-order valence-electron chi connectivity index (χ2n) is 5.63. The Bertz CT molecular complexity index is 484. The van der Waals surface area contributed by atoms with Gasteiger partial charge in [0.15, 0.2) is 11.6 Å². The van der Waals surface area contributed by atoms with Gasteiger partial charge in [0.1, 0.15) is 5.76 Å². The first-order valence-corrected chi connectivity index (χ1v) is 6.68. The molecule has 6 heteroatoms. The number of carbonyl (C=O) groups excluding carboxylic acids is 4. The van der Waals surface area contributed by atoms with Crippen molar-refractivity contribution in [1.82, 2.24) is 5.32 Å². The predicted octanol–water partition coefficient (Wildman–Crippen LogP) is 0.810. The highest BCUT2D eigenvalue weighted by molar-refractivity contribution is 6.22. The van der Waals surface area contributed by atoms with Crippen molar-refractivity contribution in [2.24, 2.45) is 11.8 Å². The third kappa shape index (κ3) is 3.12. The van der Waals surface area contributed by atoms with Gasteiger partial charge >= 0.3 is 0 Å². The average molecular weight is 279 g/mol. The third-order valence-electron chi connectivity index (χ3n) is 3.62. The molecule has 20 heavy (non-hydrogen) atoms. The number of allylic oxidation sites excluding steroid dienone is 2. The van der Waals surface area contributed by atoms with Crippen molar-refractivity contribution in [3.05, 3.63) is 11.3 Å². The molecule has 108 valence electrons. The van der Waals surface area contributed by atoms with Crippen molar-refractivity contribution in [1.29, 1.82) is 0 Å². The van der Waals surface area contributed by atoms with E-state index in [-0.39, 0.29) is 78.7 Å². The Kier molecular flexibility index (Phi) is 4.01. The third-order valence-corrected chi connectivity index (χ3v) is 3.62. The molecular weight excluding hydrogens is 262 g/mol. The van der Waals surface area contributed by atoms with E-state index in [0.717, 1.165) is 0 Å². The van der Waals surface area contributed by atoms with E-state index in [1.54, 1.807) is 0 Å². The summed E-state index contributed by atoms with van der Waals surface area (Å²) in [5, 5.41) is 12.2. The van der Waals surface area contributed by atoms with Crippen molar-refractivity contribution < 1.29 is 24.3 Å². The van der Waals surface area contributed by atoms with Crippen molar-refractivity contribution in [3.63, 3.8) is 0 Å². The van der Waals surface area contributed by atoms with E-state index >= 15 is 0 Å². The van der Waals surface area contributed by atoms with Crippen LogP contribution in [0, 0.1) is 11.8 Å². The normalized spacial score (nSPS) is 24.9. The lowest BCUT2D eigenvalue weighted by molar-refractivity contribution is -0.135. The Morgan fingerprint density at radius 1 is 1.05 bits per heavy atom. The minimum absolute atomic E-state index is 0.00594. The number of nitrogens with one attached hydrogen (secondary N) is 1. The molecule has 0 radical (unpaired) electrons. The molecule has 1 saturated carbocycles. The molecule has 2 aliphatic rings. The van der Waals surface area contributed by atoms with E-state index in [1.165, 1.54) is 0 Å². The number of rotatable bonds is 2. The molecule has 1 heterocycles. The fraction of sp³-hybridized carbons (Fsp3) is 0.571. The molecule has 0 spiro atoms. The van der Waals surface area contributed by atoms with E-state index in [4.69, 9.17) is 0 Å². The lowest BCUT2D eigenvalue weighted by Crippen LogP contribution is -2.38. The molecular formula is C14H17NO5. The van der Waals surface area contributed by atoms with Crippen LogP contribution in [0.2, 0.25) is 0 Å². The standard InChI is InChI=1S/C14H17NO5/c1-7-2-9(16)14(10(17)3-7)11(18)4-8-5-12(19)15-13(20)6-8/h7-8,18H,2-6H2,1H3,(H,15,19,20).